The van der Waals surface area contributed by atoms with Crippen LogP contribution in [0.1, 0.15) is 26.2 Å². The number of esters is 1. The van der Waals surface area contributed by atoms with Gasteiger partial charge >= 0.3 is 142 Å². The van der Waals surface area contributed by atoms with Gasteiger partial charge in [-0.1, -0.05) is 0 Å². The molecule has 0 fully saturated rings. The summed E-state index contributed by atoms with van der Waals surface area (Å²) in [5, 5.41) is 0. The summed E-state index contributed by atoms with van der Waals surface area (Å²) >= 11 is -0.712. The van der Waals surface area contributed by atoms with Crippen molar-refractivity contribution in [3.05, 3.63) is 70.4 Å². The second kappa shape index (κ2) is 9.46. The molecule has 2 aromatic carbocycles. The van der Waals surface area contributed by atoms with E-state index in [-0.39, 0.29) is 5.97 Å². The van der Waals surface area contributed by atoms with Crippen molar-refractivity contribution >= 4 is 30.5 Å². The summed E-state index contributed by atoms with van der Waals surface area (Å²) in [4.78, 5) is 12.5. The molecule has 0 saturated carbocycles. The van der Waals surface area contributed by atoms with E-state index in [1.165, 1.54) is 3.61 Å². The average molecular weight is 408 g/mol. The summed E-state index contributed by atoms with van der Waals surface area (Å²) in [6, 6.07) is 19.5. The molecule has 2 rings (SSSR count). The number of ether oxygens (including phenoxy) is 1. The van der Waals surface area contributed by atoms with Crippen LogP contribution in [0.5, 0.6) is 5.75 Å². The molecule has 0 unspecified atom stereocenters. The van der Waals surface area contributed by atoms with Gasteiger partial charge in [-0.05, 0) is 0 Å². The number of rotatable bonds is 7. The molecule has 0 aromatic heterocycles. The molecular formula is C19H20O2Te. The number of hydrogen-bond acceptors (Lipinski definition) is 2. The molecule has 22 heavy (non-hydrogen) atoms. The quantitative estimate of drug-likeness (QED) is 0.230. The first kappa shape index (κ1) is 16.8. The second-order valence-electron chi connectivity index (χ2n) is 4.83. The molecule has 0 aliphatic heterocycles. The monoisotopic (exact) mass is 410 g/mol. The third-order valence-corrected chi connectivity index (χ3v) is 6.04. The summed E-state index contributed by atoms with van der Waals surface area (Å²) in [6.07, 6.45) is 5.24. The van der Waals surface area contributed by atoms with Crippen LogP contribution >= 0.6 is 0 Å². The standard InChI is InChI=1S/C19H20O2Te/c1-2-3-6-15-18(22-17-13-9-5-10-14-17)19(20)21-16-11-7-4-8-12-16/h4-5,7-15H,2-3,6H2,1H3/b18-15-. The second-order valence-corrected chi connectivity index (χ2v) is 8.01. The first-order chi connectivity index (χ1) is 10.8. The molecule has 0 atom stereocenters. The van der Waals surface area contributed by atoms with Crippen LogP contribution in [0.15, 0.2) is 70.4 Å². The van der Waals surface area contributed by atoms with Gasteiger partial charge in [0.05, 0.1) is 0 Å². The predicted molar refractivity (Wildman–Crippen MR) is 91.5 cm³/mol. The van der Waals surface area contributed by atoms with Crippen LogP contribution in [-0.2, 0) is 4.79 Å². The van der Waals surface area contributed by atoms with Crippen molar-refractivity contribution in [2.24, 2.45) is 0 Å². The molecule has 0 aliphatic carbocycles. The Hall–Kier alpha value is -1.56. The third-order valence-electron chi connectivity index (χ3n) is 3.01. The van der Waals surface area contributed by atoms with Crippen molar-refractivity contribution < 1.29 is 9.53 Å². The first-order valence-corrected chi connectivity index (χ1v) is 9.83. The van der Waals surface area contributed by atoms with Gasteiger partial charge in [-0.3, -0.25) is 0 Å². The van der Waals surface area contributed by atoms with Crippen LogP contribution in [-0.4, -0.2) is 26.9 Å². The van der Waals surface area contributed by atoms with E-state index in [1.807, 2.05) is 48.5 Å². The summed E-state index contributed by atoms with van der Waals surface area (Å²) in [5.74, 6) is 0.406. The SMILES string of the molecule is CCCC/C=C(\[Te]c1ccccc1)C(=O)Oc1ccccc1. The number of allylic oxidation sites excluding steroid dienone is 1. The van der Waals surface area contributed by atoms with Gasteiger partial charge in [0.2, 0.25) is 0 Å². The summed E-state index contributed by atoms with van der Waals surface area (Å²) in [5.41, 5.74) is 0. The van der Waals surface area contributed by atoms with Crippen LogP contribution in [0.2, 0.25) is 0 Å². The van der Waals surface area contributed by atoms with Crippen molar-refractivity contribution in [1.82, 2.24) is 0 Å². The van der Waals surface area contributed by atoms with Gasteiger partial charge in [-0.2, -0.15) is 0 Å². The van der Waals surface area contributed by atoms with Gasteiger partial charge in [0.25, 0.3) is 0 Å². The van der Waals surface area contributed by atoms with Crippen molar-refractivity contribution in [1.29, 1.82) is 0 Å². The maximum absolute atomic E-state index is 12.5. The molecule has 2 nitrogen and oxygen atoms in total. The van der Waals surface area contributed by atoms with Crippen LogP contribution in [0, 0.1) is 0 Å². The number of carbonyl (C=O) groups is 1. The molecular weight excluding hydrogens is 388 g/mol. The van der Waals surface area contributed by atoms with E-state index in [9.17, 15) is 4.79 Å². The van der Waals surface area contributed by atoms with Gasteiger partial charge in [0, 0.05) is 0 Å². The fraction of sp³-hybridized carbons (Fsp3) is 0.211. The average Bonchev–Trinajstić information content (AvgIpc) is 2.56. The number of hydrogen-bond donors (Lipinski definition) is 0. The molecule has 0 saturated heterocycles. The molecule has 0 amide bonds. The van der Waals surface area contributed by atoms with Gasteiger partial charge < -0.3 is 0 Å². The van der Waals surface area contributed by atoms with Crippen molar-refractivity contribution in [3.63, 3.8) is 0 Å². The van der Waals surface area contributed by atoms with E-state index in [1.54, 1.807) is 0 Å². The van der Waals surface area contributed by atoms with Crippen LogP contribution < -0.4 is 8.35 Å². The molecule has 0 N–H and O–H groups in total. The normalized spacial score (nSPS) is 11.2. The minimum atomic E-state index is -0.712. The predicted octanol–water partition coefficient (Wildman–Crippen LogP) is 3.70. The van der Waals surface area contributed by atoms with Crippen molar-refractivity contribution in [2.75, 3.05) is 0 Å². The van der Waals surface area contributed by atoms with Crippen molar-refractivity contribution in [3.8, 4) is 5.75 Å². The zero-order valence-corrected chi connectivity index (χ0v) is 15.0. The van der Waals surface area contributed by atoms with E-state index >= 15 is 0 Å². The number of para-hydroxylation sites is 1. The number of carbonyl (C=O) groups excluding carboxylic acids is 1. The molecule has 0 heterocycles. The summed E-state index contributed by atoms with van der Waals surface area (Å²) in [6.45, 7) is 2.16. The molecule has 0 bridgehead atoms. The van der Waals surface area contributed by atoms with Crippen LogP contribution in [0.3, 0.4) is 0 Å². The van der Waals surface area contributed by atoms with Gasteiger partial charge in [0.15, 0.2) is 0 Å². The van der Waals surface area contributed by atoms with Gasteiger partial charge in [-0.15, -0.1) is 0 Å². The molecule has 0 spiro atoms. The van der Waals surface area contributed by atoms with Gasteiger partial charge in [0.1, 0.15) is 0 Å². The minimum absolute atomic E-state index is 0.200. The van der Waals surface area contributed by atoms with E-state index in [4.69, 9.17) is 4.74 Å². The van der Waals surface area contributed by atoms with Crippen LogP contribution in [0.25, 0.3) is 0 Å². The van der Waals surface area contributed by atoms with E-state index in [2.05, 4.69) is 25.1 Å². The fourth-order valence-electron chi connectivity index (χ4n) is 1.87. The molecule has 2 aromatic rings. The fourth-order valence-corrected chi connectivity index (χ4v) is 4.36. The Morgan fingerprint density at radius 2 is 1.68 bits per heavy atom. The van der Waals surface area contributed by atoms with Crippen molar-refractivity contribution in [2.45, 2.75) is 26.2 Å². The molecule has 0 radical (unpaired) electrons. The van der Waals surface area contributed by atoms with Gasteiger partial charge in [-0.25, -0.2) is 0 Å². The summed E-state index contributed by atoms with van der Waals surface area (Å²) in [7, 11) is 0. The zero-order chi connectivity index (χ0) is 15.6. The Labute approximate surface area is 142 Å². The molecule has 0 aliphatic rings. The Balaban J connectivity index is 2.09. The van der Waals surface area contributed by atoms with Crippen LogP contribution in [0.4, 0.5) is 0 Å². The Morgan fingerprint density at radius 1 is 1.05 bits per heavy atom. The Bertz CT molecular complexity index is 606. The third kappa shape index (κ3) is 5.67. The molecule has 114 valence electrons. The molecule has 3 heteroatoms. The maximum atomic E-state index is 12.5. The summed E-state index contributed by atoms with van der Waals surface area (Å²) < 4.78 is 7.61. The Morgan fingerprint density at radius 3 is 2.32 bits per heavy atom. The van der Waals surface area contributed by atoms with E-state index in [0.29, 0.717) is 5.75 Å². The van der Waals surface area contributed by atoms with E-state index < -0.39 is 20.9 Å². The number of unbranched alkanes of at least 4 members (excludes halogenated alkanes) is 2. The topological polar surface area (TPSA) is 26.3 Å². The zero-order valence-electron chi connectivity index (χ0n) is 12.7. The Kier molecular flexibility index (Phi) is 7.22. The first-order valence-electron chi connectivity index (χ1n) is 7.50. The van der Waals surface area contributed by atoms with E-state index in [0.717, 1.165) is 22.9 Å². The number of benzene rings is 2.